The van der Waals surface area contributed by atoms with Gasteiger partial charge in [0.15, 0.2) is 0 Å². The summed E-state index contributed by atoms with van der Waals surface area (Å²) in [6.45, 7) is 0. The number of hydrogen-bond acceptors (Lipinski definition) is 1. The van der Waals surface area contributed by atoms with Crippen LogP contribution in [0, 0.1) is 0 Å². The van der Waals surface area contributed by atoms with Crippen LogP contribution in [-0.2, 0) is 0 Å². The summed E-state index contributed by atoms with van der Waals surface area (Å²) < 4.78 is 1.46. The van der Waals surface area contributed by atoms with Crippen LogP contribution in [0.15, 0.2) is 29.2 Å². The molecule has 0 saturated carbocycles. The maximum absolute atomic E-state index is 5.71. The second-order valence-electron chi connectivity index (χ2n) is 3.09. The molecule has 0 aliphatic heterocycles. The van der Waals surface area contributed by atoms with Crippen LogP contribution in [0.3, 0.4) is 0 Å². The first kappa shape index (κ1) is 7.24. The molecule has 1 aromatic carbocycles. The summed E-state index contributed by atoms with van der Waals surface area (Å²) >= 11 is 0.504. The van der Waals surface area contributed by atoms with Gasteiger partial charge in [-0.05, 0) is 0 Å². The van der Waals surface area contributed by atoms with Crippen molar-refractivity contribution in [2.45, 2.75) is 0 Å². The first-order valence-corrected chi connectivity index (χ1v) is 5.93. The van der Waals surface area contributed by atoms with Crippen LogP contribution in [-0.4, -0.2) is 19.5 Å². The number of nitrogens with one attached hydrogen (secondary N) is 1. The number of fused-ring (bicyclic) bond motifs is 3. The Hall–Kier alpha value is -1.18. The van der Waals surface area contributed by atoms with Gasteiger partial charge in [0.25, 0.3) is 0 Å². The minimum absolute atomic E-state index is 0.504. The van der Waals surface area contributed by atoms with Crippen molar-refractivity contribution in [3.05, 3.63) is 29.2 Å². The van der Waals surface area contributed by atoms with E-state index in [1.807, 2.05) is 12.1 Å². The van der Waals surface area contributed by atoms with Crippen molar-refractivity contribution >= 4 is 40.9 Å². The molecule has 0 saturated heterocycles. The number of aromatic amines is 1. The third kappa shape index (κ3) is 0.946. The summed E-state index contributed by atoms with van der Waals surface area (Å²) in [4.78, 5) is 5.61. The molecule has 13 heavy (non-hydrogen) atoms. The molecule has 0 radical (unpaired) electrons. The number of rotatable bonds is 0. The summed E-state index contributed by atoms with van der Waals surface area (Å²) in [5.41, 5.74) is 8.96. The van der Waals surface area contributed by atoms with Crippen molar-refractivity contribution < 1.29 is 0 Å². The summed E-state index contributed by atoms with van der Waals surface area (Å²) in [5.74, 6) is 0. The van der Waals surface area contributed by atoms with Gasteiger partial charge in [0, 0.05) is 0 Å². The molecule has 0 fully saturated rings. The Bertz CT molecular complexity index is 577. The molecule has 0 spiro atoms. The molecule has 3 rings (SSSR count). The van der Waals surface area contributed by atoms with E-state index in [1.165, 1.54) is 15.2 Å². The van der Waals surface area contributed by atoms with Gasteiger partial charge >= 0.3 is 80.8 Å². The van der Waals surface area contributed by atoms with E-state index in [-0.39, 0.29) is 0 Å². The van der Waals surface area contributed by atoms with E-state index in [2.05, 4.69) is 22.1 Å². The number of aromatic nitrogens is 1. The monoisotopic (exact) mass is 236 g/mol. The Morgan fingerprint density at radius 3 is 3.00 bits per heavy atom. The van der Waals surface area contributed by atoms with E-state index in [0.717, 1.165) is 11.2 Å². The van der Waals surface area contributed by atoms with Gasteiger partial charge in [0.2, 0.25) is 0 Å². The van der Waals surface area contributed by atoms with Crippen LogP contribution in [0.25, 0.3) is 20.7 Å². The van der Waals surface area contributed by atoms with Crippen LogP contribution < -0.4 is 5.73 Å². The normalized spacial score (nSPS) is 11.4. The predicted molar refractivity (Wildman–Crippen MR) is 57.2 cm³/mol. The Labute approximate surface area is 81.1 Å². The van der Waals surface area contributed by atoms with Crippen molar-refractivity contribution in [2.75, 3.05) is 5.73 Å². The van der Waals surface area contributed by atoms with E-state index in [9.17, 15) is 0 Å². The van der Waals surface area contributed by atoms with Crippen molar-refractivity contribution in [2.24, 2.45) is 0 Å². The molecule has 2 aromatic heterocycles. The van der Waals surface area contributed by atoms with Crippen LogP contribution in [0.5, 0.6) is 0 Å². The van der Waals surface area contributed by atoms with E-state index in [0.29, 0.717) is 14.5 Å². The van der Waals surface area contributed by atoms with E-state index < -0.39 is 0 Å². The van der Waals surface area contributed by atoms with Gasteiger partial charge in [0.1, 0.15) is 0 Å². The molecular formula is C10H8N2Se. The molecule has 2 heterocycles. The second-order valence-corrected chi connectivity index (χ2v) is 5.02. The van der Waals surface area contributed by atoms with Gasteiger partial charge in [-0.2, -0.15) is 0 Å². The third-order valence-corrected chi connectivity index (χ3v) is 4.21. The molecule has 3 N–H and O–H groups in total. The summed E-state index contributed by atoms with van der Waals surface area (Å²) in [6, 6.07) is 8.22. The van der Waals surface area contributed by atoms with Crippen LogP contribution in [0.1, 0.15) is 0 Å². The number of nitrogen functional groups attached to an aromatic ring is 1. The fourth-order valence-corrected chi connectivity index (χ4v) is 3.49. The van der Waals surface area contributed by atoms with Gasteiger partial charge in [0.05, 0.1) is 0 Å². The number of H-pyrrole nitrogens is 1. The fraction of sp³-hybridized carbons (Fsp3) is 0. The Kier molecular flexibility index (Phi) is 1.34. The van der Waals surface area contributed by atoms with Gasteiger partial charge < -0.3 is 0 Å². The number of benzene rings is 1. The van der Waals surface area contributed by atoms with Crippen molar-refractivity contribution in [3.63, 3.8) is 0 Å². The predicted octanol–water partition coefficient (Wildman–Crippen LogP) is 1.96. The minimum atomic E-state index is 0.504. The molecule has 0 aliphatic carbocycles. The van der Waals surface area contributed by atoms with E-state index >= 15 is 0 Å². The van der Waals surface area contributed by atoms with Crippen molar-refractivity contribution in [3.8, 4) is 0 Å². The number of hydrogen-bond donors (Lipinski definition) is 2. The molecule has 0 aliphatic rings. The van der Waals surface area contributed by atoms with Gasteiger partial charge in [-0.25, -0.2) is 0 Å². The van der Waals surface area contributed by atoms with Crippen molar-refractivity contribution in [1.29, 1.82) is 0 Å². The summed E-state index contributed by atoms with van der Waals surface area (Å²) in [6.07, 6.45) is 0. The standard InChI is InChI=1S/C10H8N2Se/c11-6-1-2-7-9(5-6)12-8-3-4-13-10(7)8/h1-5,12H,11H2. The molecule has 3 aromatic rings. The molecule has 0 amide bonds. The molecule has 64 valence electrons. The average Bonchev–Trinajstić information content (AvgIpc) is 2.62. The van der Waals surface area contributed by atoms with Gasteiger partial charge in [-0.15, -0.1) is 0 Å². The molecule has 0 atom stereocenters. The molecule has 0 bridgehead atoms. The van der Waals surface area contributed by atoms with Gasteiger partial charge in [-0.3, -0.25) is 0 Å². The quantitative estimate of drug-likeness (QED) is 0.454. The van der Waals surface area contributed by atoms with Crippen LogP contribution in [0.4, 0.5) is 5.69 Å². The molecular weight excluding hydrogens is 227 g/mol. The zero-order valence-electron chi connectivity index (χ0n) is 6.87. The first-order chi connectivity index (χ1) is 6.34. The SMILES string of the molecule is Nc1ccc2c(c1)[nH]c1cc[se]c12. The summed E-state index contributed by atoms with van der Waals surface area (Å²) in [7, 11) is 0. The van der Waals surface area contributed by atoms with Crippen LogP contribution in [0.2, 0.25) is 0 Å². The van der Waals surface area contributed by atoms with Crippen LogP contribution >= 0.6 is 0 Å². The van der Waals surface area contributed by atoms with Crippen molar-refractivity contribution in [1.82, 2.24) is 4.98 Å². The number of anilines is 1. The summed E-state index contributed by atoms with van der Waals surface area (Å²) in [5, 5.41) is 1.33. The first-order valence-electron chi connectivity index (χ1n) is 4.09. The third-order valence-electron chi connectivity index (χ3n) is 2.22. The topological polar surface area (TPSA) is 41.8 Å². The van der Waals surface area contributed by atoms with E-state index in [4.69, 9.17) is 5.73 Å². The Morgan fingerprint density at radius 2 is 2.08 bits per heavy atom. The maximum atomic E-state index is 5.71. The molecule has 3 heteroatoms. The molecule has 0 unspecified atom stereocenters. The van der Waals surface area contributed by atoms with Gasteiger partial charge in [-0.1, -0.05) is 0 Å². The zero-order valence-corrected chi connectivity index (χ0v) is 8.59. The second kappa shape index (κ2) is 2.41. The Balaban J connectivity index is 2.59. The fourth-order valence-electron chi connectivity index (χ4n) is 1.62. The Morgan fingerprint density at radius 1 is 1.15 bits per heavy atom. The molecule has 2 nitrogen and oxygen atoms in total. The van der Waals surface area contributed by atoms with E-state index in [1.54, 1.807) is 0 Å². The zero-order chi connectivity index (χ0) is 8.84. The number of nitrogens with two attached hydrogens (primary N) is 1. The average molecular weight is 235 g/mol.